The Labute approximate surface area is 314 Å². The van der Waals surface area contributed by atoms with Crippen molar-refractivity contribution in [3.05, 3.63) is 138 Å². The first-order valence-electron chi connectivity index (χ1n) is 17.5. The molecule has 1 atom stereocenters. The van der Waals surface area contributed by atoms with Crippen LogP contribution in [-0.4, -0.2) is 83.2 Å². The number of hydrogen-bond donors (Lipinski definition) is 1. The Balaban J connectivity index is 1.26. The van der Waals surface area contributed by atoms with E-state index in [1.807, 2.05) is 123 Å². The van der Waals surface area contributed by atoms with E-state index in [9.17, 15) is 9.90 Å². The van der Waals surface area contributed by atoms with Crippen LogP contribution in [0.3, 0.4) is 0 Å². The van der Waals surface area contributed by atoms with Crippen LogP contribution in [-0.2, 0) is 28.3 Å². The highest BCUT2D eigenvalue weighted by Crippen LogP contribution is 2.42. The molecule has 2 aromatic heterocycles. The molecule has 0 radical (unpaired) electrons. The van der Waals surface area contributed by atoms with E-state index in [1.165, 1.54) is 0 Å². The fourth-order valence-electron chi connectivity index (χ4n) is 6.14. The highest BCUT2D eigenvalue weighted by molar-refractivity contribution is 5.83. The van der Waals surface area contributed by atoms with Crippen LogP contribution in [0.15, 0.2) is 121 Å². The molecule has 4 aromatic carbocycles. The lowest BCUT2D eigenvalue weighted by Crippen LogP contribution is -2.35. The van der Waals surface area contributed by atoms with Gasteiger partial charge in [-0.05, 0) is 46.5 Å². The van der Waals surface area contributed by atoms with Crippen molar-refractivity contribution in [2.24, 2.45) is 10.9 Å². The maximum atomic E-state index is 13.7. The molecule has 0 aliphatic rings. The predicted molar refractivity (Wildman–Crippen MR) is 206 cm³/mol. The van der Waals surface area contributed by atoms with Gasteiger partial charge in [-0.3, -0.25) is 4.79 Å². The molecule has 0 aliphatic heterocycles. The van der Waals surface area contributed by atoms with Crippen molar-refractivity contribution in [2.75, 3.05) is 41.5 Å². The summed E-state index contributed by atoms with van der Waals surface area (Å²) in [6.45, 7) is 0.0313. The number of aliphatic imine (C=N–C) groups is 1. The predicted octanol–water partition coefficient (Wildman–Crippen LogP) is 6.22. The zero-order chi connectivity index (χ0) is 37.9. The van der Waals surface area contributed by atoms with Crippen molar-refractivity contribution < 1.29 is 28.8 Å². The van der Waals surface area contributed by atoms with Crippen molar-refractivity contribution in [3.63, 3.8) is 0 Å². The Bertz CT molecular complexity index is 2090. The molecule has 6 rings (SSSR count). The lowest BCUT2D eigenvalue weighted by atomic mass is 9.79. The third-order valence-corrected chi connectivity index (χ3v) is 8.87. The van der Waals surface area contributed by atoms with E-state index in [2.05, 4.69) is 19.9 Å². The van der Waals surface area contributed by atoms with E-state index in [0.29, 0.717) is 22.7 Å². The van der Waals surface area contributed by atoms with E-state index in [0.717, 1.165) is 22.3 Å². The fraction of sp³-hybridized carbons (Fsp3) is 0.262. The normalized spacial score (nSPS) is 12.2. The van der Waals surface area contributed by atoms with Gasteiger partial charge in [-0.1, -0.05) is 84.9 Å². The van der Waals surface area contributed by atoms with Gasteiger partial charge >= 0.3 is 0 Å². The number of carbonyl (C=O) groups excluding carboxylic acids is 1. The Morgan fingerprint density at radius 1 is 0.852 bits per heavy atom. The Kier molecular flexibility index (Phi) is 12.3. The smallest absolute Gasteiger partial charge is 0.256 e. The molecule has 12 nitrogen and oxygen atoms in total. The molecule has 1 N–H and O–H groups in total. The first-order chi connectivity index (χ1) is 26.3. The Hall–Kier alpha value is -6.11. The summed E-state index contributed by atoms with van der Waals surface area (Å²) in [7, 11) is 6.94. The van der Waals surface area contributed by atoms with Crippen LogP contribution >= 0.6 is 0 Å². The van der Waals surface area contributed by atoms with Crippen molar-refractivity contribution in [1.29, 1.82) is 0 Å². The number of aliphatic hydroxyl groups is 1. The van der Waals surface area contributed by atoms with Gasteiger partial charge in [-0.25, -0.2) is 9.98 Å². The summed E-state index contributed by atoms with van der Waals surface area (Å²) in [5.74, 6) is 1.18. The molecular weight excluding hydrogens is 684 g/mol. The van der Waals surface area contributed by atoms with Crippen molar-refractivity contribution in [1.82, 2.24) is 24.4 Å². The Morgan fingerprint density at radius 3 is 2.02 bits per heavy atom. The minimum Gasteiger partial charge on any atom is -0.497 e. The molecule has 0 amide bonds. The van der Waals surface area contributed by atoms with Gasteiger partial charge in [0, 0.05) is 33.0 Å². The second-order valence-corrected chi connectivity index (χ2v) is 13.0. The second kappa shape index (κ2) is 17.6. The van der Waals surface area contributed by atoms with Crippen LogP contribution < -0.4 is 14.2 Å². The summed E-state index contributed by atoms with van der Waals surface area (Å²) in [6, 6.07) is 35.0. The summed E-state index contributed by atoms with van der Waals surface area (Å²) < 4.78 is 25.6. The molecule has 0 unspecified atom stereocenters. The van der Waals surface area contributed by atoms with Crippen LogP contribution in [0.1, 0.15) is 28.7 Å². The zero-order valence-electron chi connectivity index (χ0n) is 30.8. The lowest BCUT2D eigenvalue weighted by Gasteiger charge is -2.37. The zero-order valence-corrected chi connectivity index (χ0v) is 30.8. The standard InChI is InChI=1S/C42H44N6O6/c1-47(2)28-44-41-45-39-38(40(46-41)53-26-30-11-7-5-8-12-30)43-29-48(39)24-35(50)23-31(25-49)27-54-42(32-13-9-6-10-14-32,33-15-19-36(51-3)20-16-33)34-17-21-37(52-4)22-18-34/h5-22,28-29,31,49H,23-27H2,1-4H3/t31-/m1/s1. The number of ketones is 1. The number of ether oxygens (including phenoxy) is 4. The van der Waals surface area contributed by atoms with Crippen LogP contribution in [0.5, 0.6) is 17.4 Å². The number of hydrogen-bond acceptors (Lipinski definition) is 10. The monoisotopic (exact) mass is 728 g/mol. The van der Waals surface area contributed by atoms with Gasteiger partial charge in [-0.15, -0.1) is 0 Å². The number of methoxy groups -OCH3 is 2. The fourth-order valence-corrected chi connectivity index (χ4v) is 6.14. The summed E-state index contributed by atoms with van der Waals surface area (Å²) >= 11 is 0. The van der Waals surface area contributed by atoms with Crippen molar-refractivity contribution in [2.45, 2.75) is 25.2 Å². The first-order valence-corrected chi connectivity index (χ1v) is 17.5. The van der Waals surface area contributed by atoms with Crippen LogP contribution in [0, 0.1) is 5.92 Å². The molecule has 2 heterocycles. The number of imidazole rings is 1. The molecule has 12 heteroatoms. The average molecular weight is 729 g/mol. The van der Waals surface area contributed by atoms with Crippen LogP contribution in [0.25, 0.3) is 11.2 Å². The number of fused-ring (bicyclic) bond motifs is 1. The highest BCUT2D eigenvalue weighted by Gasteiger charge is 2.38. The van der Waals surface area contributed by atoms with E-state index in [1.54, 1.807) is 36.4 Å². The molecule has 0 spiro atoms. The number of rotatable bonds is 18. The van der Waals surface area contributed by atoms with Gasteiger partial charge in [0.2, 0.25) is 5.88 Å². The molecular formula is C42H44N6O6. The van der Waals surface area contributed by atoms with E-state index in [-0.39, 0.29) is 50.4 Å². The molecule has 6 aromatic rings. The van der Waals surface area contributed by atoms with Gasteiger partial charge in [0.1, 0.15) is 23.7 Å². The van der Waals surface area contributed by atoms with Gasteiger partial charge in [-0.2, -0.15) is 9.97 Å². The maximum absolute atomic E-state index is 13.7. The molecule has 0 aliphatic carbocycles. The van der Waals surface area contributed by atoms with Gasteiger partial charge in [0.15, 0.2) is 16.9 Å². The highest BCUT2D eigenvalue weighted by atomic mass is 16.5. The molecule has 0 fully saturated rings. The number of benzene rings is 4. The summed E-state index contributed by atoms with van der Waals surface area (Å²) in [4.78, 5) is 33.5. The Morgan fingerprint density at radius 2 is 1.44 bits per heavy atom. The number of nitrogens with zero attached hydrogens (tertiary/aromatic N) is 6. The van der Waals surface area contributed by atoms with Gasteiger partial charge < -0.3 is 33.5 Å². The van der Waals surface area contributed by atoms with E-state index < -0.39 is 11.5 Å². The summed E-state index contributed by atoms with van der Waals surface area (Å²) in [5.41, 5.74) is 3.28. The summed E-state index contributed by atoms with van der Waals surface area (Å²) in [6.07, 6.45) is 3.18. The molecule has 0 bridgehead atoms. The topological polar surface area (TPSA) is 133 Å². The first kappa shape index (κ1) is 37.6. The third-order valence-electron chi connectivity index (χ3n) is 8.87. The van der Waals surface area contributed by atoms with E-state index >= 15 is 0 Å². The summed E-state index contributed by atoms with van der Waals surface area (Å²) in [5, 5.41) is 10.6. The minimum absolute atomic E-state index is 0.0419. The van der Waals surface area contributed by atoms with E-state index in [4.69, 9.17) is 18.9 Å². The molecule has 0 saturated heterocycles. The number of aliphatic hydroxyl groups excluding tert-OH is 1. The second-order valence-electron chi connectivity index (χ2n) is 13.0. The third kappa shape index (κ3) is 8.74. The maximum Gasteiger partial charge on any atom is 0.256 e. The molecule has 0 saturated carbocycles. The largest absolute Gasteiger partial charge is 0.497 e. The number of Topliss-reactive ketones (excluding diaryl/α,β-unsaturated/α-hetero) is 1. The quantitative estimate of drug-likeness (QED) is 0.0618. The molecule has 278 valence electrons. The lowest BCUT2D eigenvalue weighted by molar-refractivity contribution is -0.122. The van der Waals surface area contributed by atoms with Crippen molar-refractivity contribution in [3.8, 4) is 17.4 Å². The average Bonchev–Trinajstić information content (AvgIpc) is 3.62. The molecule has 54 heavy (non-hydrogen) atoms. The van der Waals surface area contributed by atoms with Crippen molar-refractivity contribution >= 4 is 29.2 Å². The number of aromatic nitrogens is 4. The minimum atomic E-state index is -1.09. The SMILES string of the molecule is COc1ccc(C(OC[C@@H](CO)CC(=O)Cn2cnc3c(OCc4ccccc4)nc(N=CN(C)C)nc32)(c2ccccc2)c2ccc(OC)cc2)cc1. The van der Waals surface area contributed by atoms with Gasteiger partial charge in [0.05, 0.1) is 40.0 Å². The van der Waals surface area contributed by atoms with Gasteiger partial charge in [0.25, 0.3) is 5.95 Å². The number of carbonyl (C=O) groups is 1. The van der Waals surface area contributed by atoms with Crippen LogP contribution in [0.2, 0.25) is 0 Å². The van der Waals surface area contributed by atoms with Crippen LogP contribution in [0.4, 0.5) is 5.95 Å².